The lowest BCUT2D eigenvalue weighted by atomic mass is 10.0. The topological polar surface area (TPSA) is 52.7 Å². The number of hydrogen-bond donors (Lipinski definition) is 1. The second kappa shape index (κ2) is 8.11. The van der Waals surface area contributed by atoms with Crippen molar-refractivity contribution in [3.63, 3.8) is 0 Å². The molecular formula is C18H27N3O2. The Bertz CT molecular complexity index is 540. The molecule has 1 saturated heterocycles. The second-order valence-electron chi connectivity index (χ2n) is 6.53. The molecule has 0 aromatic heterocycles. The lowest BCUT2D eigenvalue weighted by molar-refractivity contribution is -0.132. The number of hydrogen-bond acceptors (Lipinski definition) is 3. The summed E-state index contributed by atoms with van der Waals surface area (Å²) in [4.78, 5) is 27.2. The van der Waals surface area contributed by atoms with Crippen molar-refractivity contribution in [3.05, 3.63) is 29.8 Å². The fourth-order valence-electron chi connectivity index (χ4n) is 2.82. The Morgan fingerprint density at radius 3 is 2.52 bits per heavy atom. The van der Waals surface area contributed by atoms with E-state index in [1.807, 2.05) is 24.3 Å². The zero-order valence-corrected chi connectivity index (χ0v) is 14.3. The molecule has 1 aromatic rings. The van der Waals surface area contributed by atoms with Crippen LogP contribution in [0.15, 0.2) is 24.3 Å². The molecule has 5 nitrogen and oxygen atoms in total. The molecule has 2 amide bonds. The molecule has 1 fully saturated rings. The first-order valence-electron chi connectivity index (χ1n) is 8.28. The fourth-order valence-corrected chi connectivity index (χ4v) is 2.82. The van der Waals surface area contributed by atoms with Crippen LogP contribution in [0.25, 0.3) is 0 Å². The molecule has 2 rings (SSSR count). The van der Waals surface area contributed by atoms with E-state index in [0.29, 0.717) is 6.04 Å². The maximum atomic E-state index is 11.8. The lowest BCUT2D eigenvalue weighted by Gasteiger charge is -2.33. The average molecular weight is 317 g/mol. The Balaban J connectivity index is 1.86. The van der Waals surface area contributed by atoms with Crippen molar-refractivity contribution < 1.29 is 9.59 Å². The van der Waals surface area contributed by atoms with Gasteiger partial charge in [0.05, 0.1) is 0 Å². The summed E-state index contributed by atoms with van der Waals surface area (Å²) in [6.45, 7) is 4.40. The summed E-state index contributed by atoms with van der Waals surface area (Å²) in [5.74, 6) is -0.473. The highest BCUT2D eigenvalue weighted by atomic mass is 16.2. The van der Waals surface area contributed by atoms with Crippen molar-refractivity contribution in [1.29, 1.82) is 0 Å². The van der Waals surface area contributed by atoms with Crippen LogP contribution < -0.4 is 5.32 Å². The number of rotatable bonds is 5. The van der Waals surface area contributed by atoms with Gasteiger partial charge in [0.1, 0.15) is 6.42 Å². The first-order chi connectivity index (χ1) is 11.0. The summed E-state index contributed by atoms with van der Waals surface area (Å²) >= 11 is 0. The van der Waals surface area contributed by atoms with Crippen LogP contribution in [-0.4, -0.2) is 48.3 Å². The Hall–Kier alpha value is -1.88. The molecule has 1 N–H and O–H groups in total. The molecule has 0 saturated carbocycles. The molecule has 1 aliphatic heterocycles. The van der Waals surface area contributed by atoms with Gasteiger partial charge in [-0.15, -0.1) is 0 Å². The highest BCUT2D eigenvalue weighted by molar-refractivity contribution is 6.03. The van der Waals surface area contributed by atoms with Gasteiger partial charge in [-0.25, -0.2) is 0 Å². The minimum Gasteiger partial charge on any atom is -0.348 e. The summed E-state index contributed by atoms with van der Waals surface area (Å²) in [7, 11) is 3.29. The Labute approximate surface area is 138 Å². The van der Waals surface area contributed by atoms with Gasteiger partial charge in [-0.3, -0.25) is 14.5 Å². The number of carbonyl (C=O) groups excluding carboxylic acids is 2. The van der Waals surface area contributed by atoms with E-state index in [0.717, 1.165) is 18.8 Å². The molecule has 1 heterocycles. The smallest absolute Gasteiger partial charge is 0.233 e. The van der Waals surface area contributed by atoms with Gasteiger partial charge in [0.15, 0.2) is 0 Å². The van der Waals surface area contributed by atoms with Crippen molar-refractivity contribution in [2.75, 3.05) is 26.0 Å². The van der Waals surface area contributed by atoms with Gasteiger partial charge in [-0.05, 0) is 44.0 Å². The minimum absolute atomic E-state index is 0.125. The first-order valence-corrected chi connectivity index (χ1v) is 8.28. The van der Waals surface area contributed by atoms with Gasteiger partial charge >= 0.3 is 0 Å². The molecular weight excluding hydrogens is 290 g/mol. The van der Waals surface area contributed by atoms with E-state index in [-0.39, 0.29) is 18.2 Å². The Morgan fingerprint density at radius 1 is 1.22 bits per heavy atom. The van der Waals surface area contributed by atoms with Crippen molar-refractivity contribution >= 4 is 17.5 Å². The number of amides is 2. The Kier molecular flexibility index (Phi) is 6.16. The zero-order chi connectivity index (χ0) is 16.8. The average Bonchev–Trinajstić information content (AvgIpc) is 2.51. The molecule has 23 heavy (non-hydrogen) atoms. The van der Waals surface area contributed by atoms with Crippen molar-refractivity contribution in [3.8, 4) is 0 Å². The van der Waals surface area contributed by atoms with Crippen LogP contribution in [0.3, 0.4) is 0 Å². The van der Waals surface area contributed by atoms with Crippen molar-refractivity contribution in [2.45, 2.75) is 45.2 Å². The minimum atomic E-state index is -0.277. The van der Waals surface area contributed by atoms with Crippen LogP contribution in [-0.2, 0) is 16.1 Å². The van der Waals surface area contributed by atoms with Gasteiger partial charge in [0, 0.05) is 32.4 Å². The van der Waals surface area contributed by atoms with Crippen LogP contribution in [0.1, 0.15) is 38.2 Å². The second-order valence-corrected chi connectivity index (χ2v) is 6.53. The molecule has 0 aliphatic carbocycles. The van der Waals surface area contributed by atoms with Gasteiger partial charge in [-0.2, -0.15) is 0 Å². The Morgan fingerprint density at radius 2 is 1.91 bits per heavy atom. The maximum Gasteiger partial charge on any atom is 0.233 e. The predicted octanol–water partition coefficient (Wildman–Crippen LogP) is 2.48. The number of anilines is 1. The molecule has 0 radical (unpaired) electrons. The summed E-state index contributed by atoms with van der Waals surface area (Å²) in [6, 6.07) is 8.54. The highest BCUT2D eigenvalue weighted by Gasteiger charge is 2.18. The predicted molar refractivity (Wildman–Crippen MR) is 92.1 cm³/mol. The maximum absolute atomic E-state index is 11.8. The molecule has 0 spiro atoms. The third-order valence-corrected chi connectivity index (χ3v) is 4.37. The lowest BCUT2D eigenvalue weighted by Crippen LogP contribution is -2.36. The van der Waals surface area contributed by atoms with Gasteiger partial charge in [-0.1, -0.05) is 18.6 Å². The summed E-state index contributed by atoms with van der Waals surface area (Å²) in [5.41, 5.74) is 1.98. The third-order valence-electron chi connectivity index (χ3n) is 4.37. The van der Waals surface area contributed by atoms with Crippen LogP contribution in [0, 0.1) is 0 Å². The van der Waals surface area contributed by atoms with Crippen LogP contribution >= 0.6 is 0 Å². The largest absolute Gasteiger partial charge is 0.348 e. The monoisotopic (exact) mass is 317 g/mol. The third kappa shape index (κ3) is 5.36. The number of nitrogens with zero attached hydrogens (tertiary/aromatic N) is 2. The van der Waals surface area contributed by atoms with E-state index in [1.54, 1.807) is 14.1 Å². The van der Waals surface area contributed by atoms with E-state index in [4.69, 9.17) is 0 Å². The first kappa shape index (κ1) is 17.5. The number of benzene rings is 1. The standard InChI is InChI=1S/C18H27N3O2/c1-14-6-4-5-11-21(14)13-15-7-9-16(10-8-15)19-17(22)12-18(23)20(2)3/h7-10,14H,4-6,11-13H2,1-3H3,(H,19,22)/t14-/m0/s1. The van der Waals surface area contributed by atoms with Crippen LogP contribution in [0.4, 0.5) is 5.69 Å². The van der Waals surface area contributed by atoms with E-state index in [9.17, 15) is 9.59 Å². The summed E-state index contributed by atoms with van der Waals surface area (Å²) < 4.78 is 0. The molecule has 1 aromatic carbocycles. The highest BCUT2D eigenvalue weighted by Crippen LogP contribution is 2.20. The van der Waals surface area contributed by atoms with Crippen LogP contribution in [0.5, 0.6) is 0 Å². The number of carbonyl (C=O) groups is 2. The zero-order valence-electron chi connectivity index (χ0n) is 14.3. The van der Waals surface area contributed by atoms with Gasteiger partial charge in [0.2, 0.25) is 11.8 Å². The van der Waals surface area contributed by atoms with E-state index in [1.165, 1.54) is 29.7 Å². The summed E-state index contributed by atoms with van der Waals surface area (Å²) in [5, 5.41) is 2.77. The van der Waals surface area contributed by atoms with Gasteiger partial charge in [0.25, 0.3) is 0 Å². The van der Waals surface area contributed by atoms with Gasteiger partial charge < -0.3 is 10.2 Å². The fraction of sp³-hybridized carbons (Fsp3) is 0.556. The normalized spacial score (nSPS) is 18.5. The number of likely N-dealkylation sites (tertiary alicyclic amines) is 1. The number of nitrogens with one attached hydrogen (secondary N) is 1. The molecule has 5 heteroatoms. The molecule has 1 atom stereocenters. The molecule has 1 aliphatic rings. The van der Waals surface area contributed by atoms with E-state index < -0.39 is 0 Å². The molecule has 0 unspecified atom stereocenters. The molecule has 0 bridgehead atoms. The van der Waals surface area contributed by atoms with Crippen molar-refractivity contribution in [2.24, 2.45) is 0 Å². The van der Waals surface area contributed by atoms with E-state index >= 15 is 0 Å². The van der Waals surface area contributed by atoms with Crippen molar-refractivity contribution in [1.82, 2.24) is 9.80 Å². The van der Waals surface area contributed by atoms with Crippen LogP contribution in [0.2, 0.25) is 0 Å². The molecule has 126 valence electrons. The quantitative estimate of drug-likeness (QED) is 0.849. The SMILES string of the molecule is C[C@H]1CCCCN1Cc1ccc(NC(=O)CC(=O)N(C)C)cc1. The van der Waals surface area contributed by atoms with E-state index in [2.05, 4.69) is 17.1 Å². The summed E-state index contributed by atoms with van der Waals surface area (Å²) in [6.07, 6.45) is 3.75. The number of piperidine rings is 1.